The smallest absolute Gasteiger partial charge is 0.310 e. The van der Waals surface area contributed by atoms with Crippen molar-refractivity contribution in [2.75, 3.05) is 19.7 Å². The van der Waals surface area contributed by atoms with Gasteiger partial charge in [0.1, 0.15) is 17.4 Å². The summed E-state index contributed by atoms with van der Waals surface area (Å²) in [5.41, 5.74) is 1.47. The zero-order valence-corrected chi connectivity index (χ0v) is 17.5. The number of ether oxygens (including phenoxy) is 1. The Balaban J connectivity index is 1.66. The van der Waals surface area contributed by atoms with Crippen molar-refractivity contribution in [1.82, 2.24) is 19.1 Å². The fraction of sp³-hybridized carbons (Fsp3) is 0.524. The SMILES string of the molecule is CCOC(=O)[C@@H]1CCCN(C(=O)[C@@H](C)n2nc(CC)n3c(cc4occc43)c2=O)C1. The predicted molar refractivity (Wildman–Crippen MR) is 109 cm³/mol. The molecule has 160 valence electrons. The van der Waals surface area contributed by atoms with Crippen molar-refractivity contribution in [2.24, 2.45) is 5.92 Å². The van der Waals surface area contributed by atoms with Crippen LogP contribution in [0, 0.1) is 5.92 Å². The Morgan fingerprint density at radius 1 is 1.33 bits per heavy atom. The minimum Gasteiger partial charge on any atom is -0.466 e. The van der Waals surface area contributed by atoms with Gasteiger partial charge < -0.3 is 14.1 Å². The fourth-order valence-electron chi connectivity index (χ4n) is 4.18. The fourth-order valence-corrected chi connectivity index (χ4v) is 4.18. The molecule has 0 aliphatic carbocycles. The van der Waals surface area contributed by atoms with Gasteiger partial charge in [0.2, 0.25) is 5.91 Å². The van der Waals surface area contributed by atoms with E-state index < -0.39 is 6.04 Å². The number of aromatic nitrogens is 3. The van der Waals surface area contributed by atoms with Gasteiger partial charge in [-0.25, -0.2) is 4.68 Å². The first kappa shape index (κ1) is 20.2. The molecule has 4 rings (SSSR count). The van der Waals surface area contributed by atoms with Crippen LogP contribution in [0.3, 0.4) is 0 Å². The highest BCUT2D eigenvalue weighted by Crippen LogP contribution is 2.23. The molecule has 2 atom stereocenters. The summed E-state index contributed by atoms with van der Waals surface area (Å²) >= 11 is 0. The van der Waals surface area contributed by atoms with Crippen LogP contribution in [0.4, 0.5) is 0 Å². The van der Waals surface area contributed by atoms with E-state index in [0.29, 0.717) is 49.5 Å². The van der Waals surface area contributed by atoms with Crippen molar-refractivity contribution < 1.29 is 18.7 Å². The normalized spacial score (nSPS) is 18.1. The molecule has 1 aliphatic heterocycles. The highest BCUT2D eigenvalue weighted by Gasteiger charge is 2.32. The molecule has 9 nitrogen and oxygen atoms in total. The van der Waals surface area contributed by atoms with Crippen LogP contribution in [0.5, 0.6) is 0 Å². The zero-order chi connectivity index (χ0) is 21.4. The lowest BCUT2D eigenvalue weighted by Gasteiger charge is -2.33. The summed E-state index contributed by atoms with van der Waals surface area (Å²) in [5.74, 6) is -0.155. The van der Waals surface area contributed by atoms with Crippen LogP contribution < -0.4 is 5.56 Å². The average molecular weight is 414 g/mol. The zero-order valence-electron chi connectivity index (χ0n) is 17.5. The van der Waals surface area contributed by atoms with Crippen molar-refractivity contribution in [3.8, 4) is 0 Å². The number of likely N-dealkylation sites (tertiary alicyclic amines) is 1. The van der Waals surface area contributed by atoms with Crippen LogP contribution in [0.25, 0.3) is 16.6 Å². The largest absolute Gasteiger partial charge is 0.466 e. The van der Waals surface area contributed by atoms with Crippen molar-refractivity contribution in [3.63, 3.8) is 0 Å². The van der Waals surface area contributed by atoms with Crippen molar-refractivity contribution in [1.29, 1.82) is 0 Å². The third-order valence-electron chi connectivity index (χ3n) is 5.72. The highest BCUT2D eigenvalue weighted by molar-refractivity contribution is 5.83. The second-order valence-corrected chi connectivity index (χ2v) is 7.61. The Morgan fingerprint density at radius 3 is 2.87 bits per heavy atom. The summed E-state index contributed by atoms with van der Waals surface area (Å²) in [4.78, 5) is 40.1. The lowest BCUT2D eigenvalue weighted by atomic mass is 9.97. The maximum Gasteiger partial charge on any atom is 0.310 e. The summed E-state index contributed by atoms with van der Waals surface area (Å²) < 4.78 is 13.6. The van der Waals surface area contributed by atoms with Gasteiger partial charge in [-0.05, 0) is 26.7 Å². The van der Waals surface area contributed by atoms with E-state index in [-0.39, 0.29) is 23.4 Å². The van der Waals surface area contributed by atoms with Crippen LogP contribution in [0.1, 0.15) is 45.5 Å². The molecular weight excluding hydrogens is 388 g/mol. The molecule has 3 aromatic rings. The van der Waals surface area contributed by atoms with Gasteiger partial charge in [-0.3, -0.25) is 18.8 Å². The molecule has 1 saturated heterocycles. The molecule has 1 fully saturated rings. The summed E-state index contributed by atoms with van der Waals surface area (Å²) in [6.07, 6.45) is 3.58. The standard InChI is InChI=1S/C21H26N4O5/c1-4-18-22-25(20(27)16-11-17-15(24(16)18)8-10-30-17)13(3)19(26)23-9-6-7-14(12-23)21(28)29-5-2/h8,10-11,13-14H,4-7,9,12H2,1-3H3/t13-,14-/m1/s1. The van der Waals surface area contributed by atoms with E-state index >= 15 is 0 Å². The van der Waals surface area contributed by atoms with E-state index in [1.165, 1.54) is 4.68 Å². The van der Waals surface area contributed by atoms with E-state index in [4.69, 9.17) is 9.15 Å². The Morgan fingerprint density at radius 2 is 2.13 bits per heavy atom. The third kappa shape index (κ3) is 3.28. The number of aryl methyl sites for hydroxylation is 1. The van der Waals surface area contributed by atoms with Gasteiger partial charge in [-0.15, -0.1) is 0 Å². The topological polar surface area (TPSA) is 99.1 Å². The Bertz CT molecular complexity index is 1160. The molecule has 1 amide bonds. The monoisotopic (exact) mass is 414 g/mol. The number of amides is 1. The summed E-state index contributed by atoms with van der Waals surface area (Å²) in [7, 11) is 0. The number of esters is 1. The first-order valence-electron chi connectivity index (χ1n) is 10.4. The van der Waals surface area contributed by atoms with E-state index in [2.05, 4.69) is 5.10 Å². The van der Waals surface area contributed by atoms with E-state index in [1.807, 2.05) is 6.92 Å². The predicted octanol–water partition coefficient (Wildman–Crippen LogP) is 2.17. The number of fused-ring (bicyclic) bond motifs is 3. The van der Waals surface area contributed by atoms with Crippen LogP contribution in [0.15, 0.2) is 27.6 Å². The number of piperidine rings is 1. The molecule has 1 aliphatic rings. The van der Waals surface area contributed by atoms with Crippen LogP contribution in [-0.4, -0.2) is 50.7 Å². The molecule has 0 N–H and O–H groups in total. The first-order valence-corrected chi connectivity index (χ1v) is 10.4. The van der Waals surface area contributed by atoms with Crippen molar-refractivity contribution >= 4 is 28.5 Å². The van der Waals surface area contributed by atoms with Crippen LogP contribution >= 0.6 is 0 Å². The number of rotatable bonds is 5. The molecule has 0 radical (unpaired) electrons. The number of carbonyl (C=O) groups is 2. The summed E-state index contributed by atoms with van der Waals surface area (Å²) in [5, 5.41) is 4.51. The number of hydrogen-bond acceptors (Lipinski definition) is 6. The Labute approximate surface area is 173 Å². The van der Waals surface area contributed by atoms with Gasteiger partial charge >= 0.3 is 5.97 Å². The third-order valence-corrected chi connectivity index (χ3v) is 5.72. The lowest BCUT2D eigenvalue weighted by molar-refractivity contribution is -0.151. The molecular formula is C21H26N4O5. The van der Waals surface area contributed by atoms with E-state index in [1.54, 1.807) is 41.5 Å². The minimum atomic E-state index is -0.782. The number of hydrogen-bond donors (Lipinski definition) is 0. The maximum atomic E-state index is 13.2. The average Bonchev–Trinajstić information content (AvgIpc) is 3.35. The lowest BCUT2D eigenvalue weighted by Crippen LogP contribution is -2.47. The number of nitrogens with zero attached hydrogens (tertiary/aromatic N) is 4. The molecule has 0 spiro atoms. The van der Waals surface area contributed by atoms with Gasteiger partial charge in [0.25, 0.3) is 5.56 Å². The number of carbonyl (C=O) groups excluding carboxylic acids is 2. The molecule has 3 aromatic heterocycles. The van der Waals surface area contributed by atoms with Crippen molar-refractivity contribution in [2.45, 2.75) is 46.1 Å². The quantitative estimate of drug-likeness (QED) is 0.594. The van der Waals surface area contributed by atoms with E-state index in [9.17, 15) is 14.4 Å². The molecule has 0 unspecified atom stereocenters. The maximum absolute atomic E-state index is 13.2. The molecule has 0 bridgehead atoms. The van der Waals surface area contributed by atoms with Gasteiger partial charge in [0, 0.05) is 31.6 Å². The first-order chi connectivity index (χ1) is 14.5. The van der Waals surface area contributed by atoms with Gasteiger partial charge in [0.05, 0.1) is 24.3 Å². The van der Waals surface area contributed by atoms with Gasteiger partial charge in [-0.1, -0.05) is 6.92 Å². The molecule has 0 saturated carbocycles. The second-order valence-electron chi connectivity index (χ2n) is 7.61. The molecule has 30 heavy (non-hydrogen) atoms. The molecule has 9 heteroatoms. The summed E-state index contributed by atoms with van der Waals surface area (Å²) in [6, 6.07) is 2.70. The van der Waals surface area contributed by atoms with Gasteiger partial charge in [-0.2, -0.15) is 5.10 Å². The Kier molecular flexibility index (Phi) is 5.36. The second kappa shape index (κ2) is 7.97. The van der Waals surface area contributed by atoms with Gasteiger partial charge in [0.15, 0.2) is 5.58 Å². The highest BCUT2D eigenvalue weighted by atomic mass is 16.5. The number of furan rings is 1. The van der Waals surface area contributed by atoms with Crippen LogP contribution in [-0.2, 0) is 20.7 Å². The van der Waals surface area contributed by atoms with E-state index in [0.717, 1.165) is 11.9 Å². The minimum absolute atomic E-state index is 0.222. The molecule has 4 heterocycles. The Hall–Kier alpha value is -3.10. The van der Waals surface area contributed by atoms with Crippen molar-refractivity contribution in [3.05, 3.63) is 34.6 Å². The van der Waals surface area contributed by atoms with Crippen LogP contribution in [0.2, 0.25) is 0 Å². The summed E-state index contributed by atoms with van der Waals surface area (Å²) in [6.45, 7) is 6.56. The molecule has 0 aromatic carbocycles.